The average molecular weight is 173 g/mol. The molecule has 0 aliphatic carbocycles. The molecule has 0 fully saturated rings. The standard InChI is InChI=1S/C9H19NO2/c1-4-6-7-10-8(5-2)9(11)12-3/h8,10H,4-7H2,1-3H3. The lowest BCUT2D eigenvalue weighted by Gasteiger charge is -2.13. The number of carbonyl (C=O) groups is 1. The molecule has 72 valence electrons. The van der Waals surface area contributed by atoms with Gasteiger partial charge in [-0.05, 0) is 19.4 Å². The molecule has 0 rings (SSSR count). The molecule has 0 saturated carbocycles. The molecule has 0 spiro atoms. The van der Waals surface area contributed by atoms with Crippen molar-refractivity contribution in [3.63, 3.8) is 0 Å². The third-order valence-corrected chi connectivity index (χ3v) is 1.82. The molecule has 0 aromatic heterocycles. The van der Waals surface area contributed by atoms with Crippen molar-refractivity contribution in [2.24, 2.45) is 0 Å². The Morgan fingerprint density at radius 2 is 2.17 bits per heavy atom. The van der Waals surface area contributed by atoms with Gasteiger partial charge in [0.2, 0.25) is 0 Å². The number of carbonyl (C=O) groups excluding carboxylic acids is 1. The number of nitrogens with one attached hydrogen (secondary N) is 1. The van der Waals surface area contributed by atoms with Crippen LogP contribution in [-0.4, -0.2) is 25.7 Å². The summed E-state index contributed by atoms with van der Waals surface area (Å²) in [4.78, 5) is 11.1. The van der Waals surface area contributed by atoms with Crippen LogP contribution in [-0.2, 0) is 9.53 Å². The molecule has 12 heavy (non-hydrogen) atoms. The van der Waals surface area contributed by atoms with Gasteiger partial charge in [0.1, 0.15) is 6.04 Å². The van der Waals surface area contributed by atoms with E-state index in [-0.39, 0.29) is 12.0 Å². The molecular weight excluding hydrogens is 154 g/mol. The Hall–Kier alpha value is -0.570. The van der Waals surface area contributed by atoms with E-state index in [1.54, 1.807) is 0 Å². The van der Waals surface area contributed by atoms with Crippen LogP contribution in [0.15, 0.2) is 0 Å². The Morgan fingerprint density at radius 1 is 1.50 bits per heavy atom. The summed E-state index contributed by atoms with van der Waals surface area (Å²) in [6.45, 7) is 4.99. The van der Waals surface area contributed by atoms with Crippen molar-refractivity contribution in [3.8, 4) is 0 Å². The highest BCUT2D eigenvalue weighted by Crippen LogP contribution is 1.94. The molecule has 0 amide bonds. The third-order valence-electron chi connectivity index (χ3n) is 1.82. The van der Waals surface area contributed by atoms with E-state index in [4.69, 9.17) is 0 Å². The van der Waals surface area contributed by atoms with E-state index in [1.807, 2.05) is 6.92 Å². The van der Waals surface area contributed by atoms with Gasteiger partial charge in [-0.3, -0.25) is 4.79 Å². The highest BCUT2D eigenvalue weighted by atomic mass is 16.5. The lowest BCUT2D eigenvalue weighted by molar-refractivity contribution is -0.143. The Morgan fingerprint density at radius 3 is 2.58 bits per heavy atom. The van der Waals surface area contributed by atoms with Gasteiger partial charge in [0.05, 0.1) is 7.11 Å². The molecule has 0 radical (unpaired) electrons. The minimum Gasteiger partial charge on any atom is -0.468 e. The monoisotopic (exact) mass is 173 g/mol. The van der Waals surface area contributed by atoms with E-state index in [0.29, 0.717) is 0 Å². The SMILES string of the molecule is CCCCNC(CC)C(=O)OC. The molecule has 0 aromatic rings. The maximum absolute atomic E-state index is 11.1. The van der Waals surface area contributed by atoms with Crippen molar-refractivity contribution in [2.75, 3.05) is 13.7 Å². The third kappa shape index (κ3) is 4.34. The summed E-state index contributed by atoms with van der Waals surface area (Å²) in [6, 6.07) is -0.124. The molecular formula is C9H19NO2. The first-order valence-corrected chi connectivity index (χ1v) is 4.57. The molecule has 1 unspecified atom stereocenters. The summed E-state index contributed by atoms with van der Waals surface area (Å²) >= 11 is 0. The first-order valence-electron chi connectivity index (χ1n) is 4.57. The highest BCUT2D eigenvalue weighted by molar-refractivity contribution is 5.75. The molecule has 0 saturated heterocycles. The van der Waals surface area contributed by atoms with Gasteiger partial charge in [0.15, 0.2) is 0 Å². The Kier molecular flexibility index (Phi) is 6.76. The summed E-state index contributed by atoms with van der Waals surface area (Å²) in [5.41, 5.74) is 0. The number of rotatable bonds is 6. The van der Waals surface area contributed by atoms with Crippen LogP contribution in [0.4, 0.5) is 0 Å². The second kappa shape index (κ2) is 7.10. The summed E-state index contributed by atoms with van der Waals surface area (Å²) in [5.74, 6) is -0.159. The zero-order valence-electron chi connectivity index (χ0n) is 8.22. The predicted octanol–water partition coefficient (Wildman–Crippen LogP) is 1.33. The smallest absolute Gasteiger partial charge is 0.322 e. The summed E-state index contributed by atoms with van der Waals surface area (Å²) < 4.78 is 4.63. The number of hydrogen-bond donors (Lipinski definition) is 1. The van der Waals surface area contributed by atoms with Crippen LogP contribution < -0.4 is 5.32 Å². The van der Waals surface area contributed by atoms with Crippen molar-refractivity contribution < 1.29 is 9.53 Å². The van der Waals surface area contributed by atoms with Crippen LogP contribution in [0.2, 0.25) is 0 Å². The van der Waals surface area contributed by atoms with Gasteiger partial charge >= 0.3 is 5.97 Å². The molecule has 0 aliphatic rings. The highest BCUT2D eigenvalue weighted by Gasteiger charge is 2.14. The van der Waals surface area contributed by atoms with Gasteiger partial charge in [-0.25, -0.2) is 0 Å². The Bertz CT molecular complexity index is 126. The molecule has 3 nitrogen and oxygen atoms in total. The zero-order chi connectivity index (χ0) is 9.40. The Balaban J connectivity index is 3.60. The van der Waals surface area contributed by atoms with Gasteiger partial charge in [-0.1, -0.05) is 20.3 Å². The van der Waals surface area contributed by atoms with E-state index in [0.717, 1.165) is 25.8 Å². The van der Waals surface area contributed by atoms with Crippen LogP contribution in [0.3, 0.4) is 0 Å². The quantitative estimate of drug-likeness (QED) is 0.486. The number of hydrogen-bond acceptors (Lipinski definition) is 3. The molecule has 0 bridgehead atoms. The van der Waals surface area contributed by atoms with Gasteiger partial charge in [-0.2, -0.15) is 0 Å². The van der Waals surface area contributed by atoms with E-state index in [9.17, 15) is 4.79 Å². The van der Waals surface area contributed by atoms with Crippen molar-refractivity contribution in [1.82, 2.24) is 5.32 Å². The van der Waals surface area contributed by atoms with Crippen molar-refractivity contribution in [2.45, 2.75) is 39.2 Å². The van der Waals surface area contributed by atoms with E-state index < -0.39 is 0 Å². The maximum atomic E-state index is 11.1. The minimum atomic E-state index is -0.159. The van der Waals surface area contributed by atoms with Crippen LogP contribution in [0.1, 0.15) is 33.1 Å². The summed E-state index contributed by atoms with van der Waals surface area (Å²) in [5, 5.41) is 3.15. The topological polar surface area (TPSA) is 38.3 Å². The summed E-state index contributed by atoms with van der Waals surface area (Å²) in [7, 11) is 1.42. The summed E-state index contributed by atoms with van der Waals surface area (Å²) in [6.07, 6.45) is 3.04. The number of methoxy groups -OCH3 is 1. The van der Waals surface area contributed by atoms with Crippen LogP contribution in [0, 0.1) is 0 Å². The Labute approximate surface area is 74.5 Å². The van der Waals surface area contributed by atoms with Crippen LogP contribution in [0.25, 0.3) is 0 Å². The number of unbranched alkanes of at least 4 members (excludes halogenated alkanes) is 1. The molecule has 0 aliphatic heterocycles. The normalized spacial score (nSPS) is 12.6. The van der Waals surface area contributed by atoms with Gasteiger partial charge in [-0.15, -0.1) is 0 Å². The van der Waals surface area contributed by atoms with Gasteiger partial charge in [0.25, 0.3) is 0 Å². The van der Waals surface area contributed by atoms with Gasteiger partial charge < -0.3 is 10.1 Å². The molecule has 0 aromatic carbocycles. The minimum absolute atomic E-state index is 0.124. The molecule has 1 atom stereocenters. The second-order valence-electron chi connectivity index (χ2n) is 2.79. The lowest BCUT2D eigenvalue weighted by Crippen LogP contribution is -2.37. The largest absolute Gasteiger partial charge is 0.468 e. The average Bonchev–Trinajstić information content (AvgIpc) is 2.11. The predicted molar refractivity (Wildman–Crippen MR) is 49.0 cm³/mol. The maximum Gasteiger partial charge on any atom is 0.322 e. The van der Waals surface area contributed by atoms with E-state index in [1.165, 1.54) is 7.11 Å². The van der Waals surface area contributed by atoms with E-state index >= 15 is 0 Å². The second-order valence-corrected chi connectivity index (χ2v) is 2.79. The molecule has 3 heteroatoms. The number of ether oxygens (including phenoxy) is 1. The first-order chi connectivity index (χ1) is 5.76. The van der Waals surface area contributed by atoms with Gasteiger partial charge in [0, 0.05) is 0 Å². The fraction of sp³-hybridized carbons (Fsp3) is 0.889. The van der Waals surface area contributed by atoms with Crippen LogP contribution in [0.5, 0.6) is 0 Å². The lowest BCUT2D eigenvalue weighted by atomic mass is 10.2. The van der Waals surface area contributed by atoms with Crippen molar-refractivity contribution in [3.05, 3.63) is 0 Å². The van der Waals surface area contributed by atoms with Crippen molar-refractivity contribution >= 4 is 5.97 Å². The van der Waals surface area contributed by atoms with E-state index in [2.05, 4.69) is 17.0 Å². The fourth-order valence-corrected chi connectivity index (χ4v) is 0.990. The van der Waals surface area contributed by atoms with Crippen LogP contribution >= 0.6 is 0 Å². The fourth-order valence-electron chi connectivity index (χ4n) is 0.990. The number of esters is 1. The zero-order valence-corrected chi connectivity index (χ0v) is 8.22. The molecule has 0 heterocycles. The van der Waals surface area contributed by atoms with Crippen molar-refractivity contribution in [1.29, 1.82) is 0 Å². The molecule has 1 N–H and O–H groups in total. The first kappa shape index (κ1) is 11.4.